The largest absolute Gasteiger partial charge is 0.492 e. The van der Waals surface area contributed by atoms with Gasteiger partial charge in [0.05, 0.1) is 5.54 Å². The molecule has 2 rings (SSSR count). The van der Waals surface area contributed by atoms with Gasteiger partial charge in [-0.3, -0.25) is 9.69 Å². The lowest BCUT2D eigenvalue weighted by atomic mass is 9.96. The standard InChI is InChI=1S/C19H31N3O2/c1-4-9-19(3,20)18(23)21-16-7-8-17(15(2)14-16)24-13-12-22-10-5-6-11-22/h7-8,14H,4-6,9-13,20H2,1-3H3,(H,21,23). The monoisotopic (exact) mass is 333 g/mol. The molecule has 0 radical (unpaired) electrons. The van der Waals surface area contributed by atoms with Crippen molar-refractivity contribution in [1.82, 2.24) is 4.90 Å². The maximum absolute atomic E-state index is 12.3. The topological polar surface area (TPSA) is 67.6 Å². The molecule has 5 heteroatoms. The minimum Gasteiger partial charge on any atom is -0.492 e. The summed E-state index contributed by atoms with van der Waals surface area (Å²) in [5, 5.41) is 2.91. The predicted octanol–water partition coefficient (Wildman–Crippen LogP) is 2.93. The first kappa shape index (κ1) is 18.7. The summed E-state index contributed by atoms with van der Waals surface area (Å²) in [6.07, 6.45) is 4.13. The molecule has 134 valence electrons. The number of likely N-dealkylation sites (tertiary alicyclic amines) is 1. The molecule has 1 aliphatic rings. The Morgan fingerprint density at radius 3 is 2.71 bits per heavy atom. The van der Waals surface area contributed by atoms with Crippen LogP contribution in [0.3, 0.4) is 0 Å². The van der Waals surface area contributed by atoms with E-state index in [1.165, 1.54) is 25.9 Å². The Labute approximate surface area is 145 Å². The van der Waals surface area contributed by atoms with Gasteiger partial charge in [0.15, 0.2) is 0 Å². The zero-order valence-corrected chi connectivity index (χ0v) is 15.2. The first-order valence-electron chi connectivity index (χ1n) is 8.98. The van der Waals surface area contributed by atoms with Gasteiger partial charge in [0, 0.05) is 12.2 Å². The average Bonchev–Trinajstić information content (AvgIpc) is 3.02. The summed E-state index contributed by atoms with van der Waals surface area (Å²) in [6, 6.07) is 5.73. The number of hydrogen-bond donors (Lipinski definition) is 2. The maximum atomic E-state index is 12.3. The molecule has 0 bridgehead atoms. The lowest BCUT2D eigenvalue weighted by Crippen LogP contribution is -2.48. The summed E-state index contributed by atoms with van der Waals surface area (Å²) in [7, 11) is 0. The summed E-state index contributed by atoms with van der Waals surface area (Å²) < 4.78 is 5.89. The maximum Gasteiger partial charge on any atom is 0.244 e. The number of nitrogens with two attached hydrogens (primary N) is 1. The highest BCUT2D eigenvalue weighted by Gasteiger charge is 2.27. The van der Waals surface area contributed by atoms with Crippen LogP contribution in [0, 0.1) is 6.92 Å². The smallest absolute Gasteiger partial charge is 0.244 e. The number of aryl methyl sites for hydroxylation is 1. The average molecular weight is 333 g/mol. The molecule has 1 atom stereocenters. The Kier molecular flexibility index (Phi) is 6.63. The molecule has 0 spiro atoms. The molecule has 1 fully saturated rings. The number of rotatable bonds is 8. The Hall–Kier alpha value is -1.59. The van der Waals surface area contributed by atoms with E-state index in [-0.39, 0.29) is 5.91 Å². The van der Waals surface area contributed by atoms with Crippen LogP contribution >= 0.6 is 0 Å². The molecule has 1 aliphatic heterocycles. The van der Waals surface area contributed by atoms with Gasteiger partial charge in [-0.15, -0.1) is 0 Å². The molecular weight excluding hydrogens is 302 g/mol. The fourth-order valence-electron chi connectivity index (χ4n) is 3.09. The van der Waals surface area contributed by atoms with Crippen molar-refractivity contribution < 1.29 is 9.53 Å². The van der Waals surface area contributed by atoms with E-state index in [1.807, 2.05) is 32.0 Å². The number of amides is 1. The minimum absolute atomic E-state index is 0.147. The fourth-order valence-corrected chi connectivity index (χ4v) is 3.09. The molecule has 1 saturated heterocycles. The molecule has 5 nitrogen and oxygen atoms in total. The number of carbonyl (C=O) groups is 1. The highest BCUT2D eigenvalue weighted by Crippen LogP contribution is 2.23. The highest BCUT2D eigenvalue weighted by molar-refractivity contribution is 5.97. The number of anilines is 1. The predicted molar refractivity (Wildman–Crippen MR) is 98.5 cm³/mol. The van der Waals surface area contributed by atoms with E-state index >= 15 is 0 Å². The number of ether oxygens (including phenoxy) is 1. The van der Waals surface area contributed by atoms with Crippen molar-refractivity contribution >= 4 is 11.6 Å². The number of benzene rings is 1. The highest BCUT2D eigenvalue weighted by atomic mass is 16.5. The second-order valence-electron chi connectivity index (χ2n) is 7.00. The molecule has 1 heterocycles. The van der Waals surface area contributed by atoms with Crippen LogP contribution in [0.2, 0.25) is 0 Å². The van der Waals surface area contributed by atoms with Crippen LogP contribution in [0.5, 0.6) is 5.75 Å². The van der Waals surface area contributed by atoms with Crippen LogP contribution in [0.4, 0.5) is 5.69 Å². The van der Waals surface area contributed by atoms with Gasteiger partial charge in [-0.25, -0.2) is 0 Å². The van der Waals surface area contributed by atoms with Crippen molar-refractivity contribution in [2.24, 2.45) is 5.73 Å². The van der Waals surface area contributed by atoms with Gasteiger partial charge in [0.25, 0.3) is 0 Å². The zero-order valence-electron chi connectivity index (χ0n) is 15.2. The zero-order chi connectivity index (χ0) is 17.6. The van der Waals surface area contributed by atoms with Gasteiger partial charge >= 0.3 is 0 Å². The van der Waals surface area contributed by atoms with Crippen LogP contribution in [-0.4, -0.2) is 42.6 Å². The summed E-state index contributed by atoms with van der Waals surface area (Å²) in [6.45, 7) is 9.83. The van der Waals surface area contributed by atoms with E-state index in [0.717, 1.165) is 30.0 Å². The number of hydrogen-bond acceptors (Lipinski definition) is 4. The van der Waals surface area contributed by atoms with Crippen LogP contribution in [0.25, 0.3) is 0 Å². The minimum atomic E-state index is -0.840. The fraction of sp³-hybridized carbons (Fsp3) is 0.632. The van der Waals surface area contributed by atoms with Crippen molar-refractivity contribution in [2.75, 3.05) is 31.6 Å². The van der Waals surface area contributed by atoms with Crippen LogP contribution in [-0.2, 0) is 4.79 Å². The van der Waals surface area contributed by atoms with Gasteiger partial charge in [0.2, 0.25) is 5.91 Å². The summed E-state index contributed by atoms with van der Waals surface area (Å²) in [5.41, 5.74) is 7.01. The van der Waals surface area contributed by atoms with Crippen LogP contribution < -0.4 is 15.8 Å². The van der Waals surface area contributed by atoms with E-state index in [9.17, 15) is 4.79 Å². The van der Waals surface area contributed by atoms with Gasteiger partial charge < -0.3 is 15.8 Å². The molecule has 1 aromatic rings. The van der Waals surface area contributed by atoms with E-state index in [1.54, 1.807) is 6.92 Å². The summed E-state index contributed by atoms with van der Waals surface area (Å²) in [5.74, 6) is 0.725. The number of carbonyl (C=O) groups excluding carboxylic acids is 1. The van der Waals surface area contributed by atoms with E-state index in [2.05, 4.69) is 10.2 Å². The second-order valence-corrected chi connectivity index (χ2v) is 7.00. The Morgan fingerprint density at radius 2 is 2.08 bits per heavy atom. The normalized spacial score (nSPS) is 17.5. The quantitative estimate of drug-likeness (QED) is 0.767. The second kappa shape index (κ2) is 8.49. The molecule has 1 unspecified atom stereocenters. The van der Waals surface area contributed by atoms with E-state index in [0.29, 0.717) is 13.0 Å². The van der Waals surface area contributed by atoms with Crippen LogP contribution in [0.15, 0.2) is 18.2 Å². The first-order chi connectivity index (χ1) is 11.4. The van der Waals surface area contributed by atoms with Crippen molar-refractivity contribution in [1.29, 1.82) is 0 Å². The lowest BCUT2D eigenvalue weighted by molar-refractivity contribution is -0.120. The Bertz CT molecular complexity index is 552. The SMILES string of the molecule is CCCC(C)(N)C(=O)Nc1ccc(OCCN2CCCC2)c(C)c1. The summed E-state index contributed by atoms with van der Waals surface area (Å²) >= 11 is 0. The molecule has 0 aliphatic carbocycles. The molecule has 3 N–H and O–H groups in total. The Balaban J connectivity index is 1.87. The third kappa shape index (κ3) is 5.21. The number of nitrogens with zero attached hydrogens (tertiary/aromatic N) is 1. The van der Waals surface area contributed by atoms with Gasteiger partial charge in [-0.2, -0.15) is 0 Å². The van der Waals surface area contributed by atoms with Crippen molar-refractivity contribution in [3.63, 3.8) is 0 Å². The number of nitrogens with one attached hydrogen (secondary N) is 1. The third-order valence-electron chi connectivity index (χ3n) is 4.58. The van der Waals surface area contributed by atoms with Crippen molar-refractivity contribution in [2.45, 2.75) is 52.0 Å². The Morgan fingerprint density at radius 1 is 1.38 bits per heavy atom. The molecule has 24 heavy (non-hydrogen) atoms. The van der Waals surface area contributed by atoms with Crippen LogP contribution in [0.1, 0.15) is 45.1 Å². The van der Waals surface area contributed by atoms with Crippen molar-refractivity contribution in [3.8, 4) is 5.75 Å². The molecule has 0 aromatic heterocycles. The van der Waals surface area contributed by atoms with Gasteiger partial charge in [0.1, 0.15) is 12.4 Å². The van der Waals surface area contributed by atoms with E-state index in [4.69, 9.17) is 10.5 Å². The van der Waals surface area contributed by atoms with E-state index < -0.39 is 5.54 Å². The molecule has 0 saturated carbocycles. The van der Waals surface area contributed by atoms with Gasteiger partial charge in [-0.1, -0.05) is 13.3 Å². The molecule has 1 aromatic carbocycles. The van der Waals surface area contributed by atoms with Crippen molar-refractivity contribution in [3.05, 3.63) is 23.8 Å². The molecular formula is C19H31N3O2. The lowest BCUT2D eigenvalue weighted by Gasteiger charge is -2.23. The molecule has 1 amide bonds. The summed E-state index contributed by atoms with van der Waals surface area (Å²) in [4.78, 5) is 14.7. The third-order valence-corrected chi connectivity index (χ3v) is 4.58. The first-order valence-corrected chi connectivity index (χ1v) is 8.98. The van der Waals surface area contributed by atoms with Gasteiger partial charge in [-0.05, 0) is 70.0 Å².